The molecular formula is C17H22N4O3S. The third kappa shape index (κ3) is 3.29. The number of aromatic nitrogens is 2. The molecule has 2 aromatic rings. The van der Waals surface area contributed by atoms with Crippen LogP contribution in [0.1, 0.15) is 11.1 Å². The number of fused-ring (bicyclic) bond motifs is 1. The summed E-state index contributed by atoms with van der Waals surface area (Å²) in [4.78, 5) is 2.56. The van der Waals surface area contributed by atoms with Gasteiger partial charge in [-0.1, -0.05) is 12.1 Å². The van der Waals surface area contributed by atoms with Crippen molar-refractivity contribution in [1.82, 2.24) is 19.0 Å². The SMILES string of the molecule is Cn1cc(S(=O)(=O)N2CCN(Cc3ccc4c(c3)CCO4)CC2)cn1. The second-order valence-electron chi connectivity index (χ2n) is 6.57. The molecule has 0 aliphatic carbocycles. The van der Waals surface area contributed by atoms with E-state index < -0.39 is 10.0 Å². The van der Waals surface area contributed by atoms with Gasteiger partial charge in [0.2, 0.25) is 10.0 Å². The summed E-state index contributed by atoms with van der Waals surface area (Å²) in [6, 6.07) is 6.35. The Morgan fingerprint density at radius 1 is 1.20 bits per heavy atom. The van der Waals surface area contributed by atoms with Crippen LogP contribution in [0.25, 0.3) is 0 Å². The zero-order chi connectivity index (χ0) is 17.4. The van der Waals surface area contributed by atoms with Crippen LogP contribution >= 0.6 is 0 Å². The van der Waals surface area contributed by atoms with Gasteiger partial charge in [0.25, 0.3) is 0 Å². The molecule has 2 aliphatic rings. The van der Waals surface area contributed by atoms with Crippen LogP contribution in [0.3, 0.4) is 0 Å². The number of hydrogen-bond acceptors (Lipinski definition) is 5. The van der Waals surface area contributed by atoms with Crippen molar-refractivity contribution in [3.05, 3.63) is 41.7 Å². The van der Waals surface area contributed by atoms with Crippen molar-refractivity contribution in [3.63, 3.8) is 0 Å². The maximum absolute atomic E-state index is 12.6. The summed E-state index contributed by atoms with van der Waals surface area (Å²) in [6.45, 7) is 4.08. The smallest absolute Gasteiger partial charge is 0.246 e. The first-order chi connectivity index (χ1) is 12.0. The normalized spacial score (nSPS) is 18.9. The fourth-order valence-corrected chi connectivity index (χ4v) is 4.81. The highest BCUT2D eigenvalue weighted by atomic mass is 32.2. The number of hydrogen-bond donors (Lipinski definition) is 0. The van der Waals surface area contributed by atoms with Crippen LogP contribution < -0.4 is 4.74 Å². The van der Waals surface area contributed by atoms with E-state index in [1.807, 2.05) is 6.07 Å². The fraction of sp³-hybridized carbons (Fsp3) is 0.471. The molecule has 0 atom stereocenters. The van der Waals surface area contributed by atoms with Crippen molar-refractivity contribution in [1.29, 1.82) is 0 Å². The van der Waals surface area contributed by atoms with Gasteiger partial charge in [-0.25, -0.2) is 8.42 Å². The molecule has 0 spiro atoms. The van der Waals surface area contributed by atoms with Crippen molar-refractivity contribution < 1.29 is 13.2 Å². The van der Waals surface area contributed by atoms with E-state index in [0.29, 0.717) is 13.1 Å². The Kier molecular flexibility index (Phi) is 4.26. The topological polar surface area (TPSA) is 67.7 Å². The maximum Gasteiger partial charge on any atom is 0.246 e. The number of ether oxygens (including phenoxy) is 1. The molecule has 8 heteroatoms. The lowest BCUT2D eigenvalue weighted by Crippen LogP contribution is -2.48. The molecule has 0 saturated carbocycles. The molecule has 3 heterocycles. The molecule has 0 N–H and O–H groups in total. The van der Waals surface area contributed by atoms with Crippen LogP contribution in [-0.2, 0) is 30.0 Å². The molecule has 2 aliphatic heterocycles. The maximum atomic E-state index is 12.6. The summed E-state index contributed by atoms with van der Waals surface area (Å²) < 4.78 is 33.9. The Hall–Kier alpha value is -1.90. The molecule has 25 heavy (non-hydrogen) atoms. The van der Waals surface area contributed by atoms with E-state index in [9.17, 15) is 8.42 Å². The first kappa shape index (κ1) is 16.6. The average Bonchev–Trinajstić information content (AvgIpc) is 3.24. The molecule has 1 aromatic carbocycles. The van der Waals surface area contributed by atoms with E-state index in [2.05, 4.69) is 22.1 Å². The molecule has 0 unspecified atom stereocenters. The molecular weight excluding hydrogens is 340 g/mol. The van der Waals surface area contributed by atoms with E-state index in [1.54, 1.807) is 17.5 Å². The van der Waals surface area contributed by atoms with Crippen LogP contribution in [-0.4, -0.2) is 60.2 Å². The summed E-state index contributed by atoms with van der Waals surface area (Å²) >= 11 is 0. The summed E-state index contributed by atoms with van der Waals surface area (Å²) in [6.07, 6.45) is 3.93. The van der Waals surface area contributed by atoms with Gasteiger partial charge in [-0.2, -0.15) is 9.40 Å². The Morgan fingerprint density at radius 3 is 2.72 bits per heavy atom. The van der Waals surface area contributed by atoms with E-state index in [1.165, 1.54) is 22.0 Å². The van der Waals surface area contributed by atoms with E-state index in [0.717, 1.165) is 38.4 Å². The minimum atomic E-state index is -3.44. The summed E-state index contributed by atoms with van der Waals surface area (Å²) in [7, 11) is -1.72. The third-order valence-corrected chi connectivity index (χ3v) is 6.66. The quantitative estimate of drug-likeness (QED) is 0.807. The molecule has 1 saturated heterocycles. The highest BCUT2D eigenvalue weighted by Gasteiger charge is 2.29. The van der Waals surface area contributed by atoms with Crippen molar-refractivity contribution in [3.8, 4) is 5.75 Å². The second kappa shape index (κ2) is 6.44. The molecule has 1 fully saturated rings. The third-order valence-electron chi connectivity index (χ3n) is 4.81. The molecule has 0 amide bonds. The Labute approximate surface area is 147 Å². The second-order valence-corrected chi connectivity index (χ2v) is 8.51. The zero-order valence-corrected chi connectivity index (χ0v) is 15.1. The van der Waals surface area contributed by atoms with Crippen molar-refractivity contribution in [2.75, 3.05) is 32.8 Å². The van der Waals surface area contributed by atoms with Gasteiger partial charge in [0.1, 0.15) is 10.6 Å². The number of nitrogens with zero attached hydrogens (tertiary/aromatic N) is 4. The van der Waals surface area contributed by atoms with Crippen LogP contribution in [0.4, 0.5) is 0 Å². The van der Waals surface area contributed by atoms with E-state index in [4.69, 9.17) is 4.74 Å². The Bertz CT molecular complexity index is 870. The van der Waals surface area contributed by atoms with Crippen molar-refractivity contribution >= 4 is 10.0 Å². The van der Waals surface area contributed by atoms with E-state index >= 15 is 0 Å². The number of rotatable bonds is 4. The van der Waals surface area contributed by atoms with Gasteiger partial charge in [-0.15, -0.1) is 0 Å². The van der Waals surface area contributed by atoms with Gasteiger partial charge in [0.15, 0.2) is 0 Å². The lowest BCUT2D eigenvalue weighted by Gasteiger charge is -2.33. The highest BCUT2D eigenvalue weighted by molar-refractivity contribution is 7.89. The van der Waals surface area contributed by atoms with Gasteiger partial charge >= 0.3 is 0 Å². The first-order valence-electron chi connectivity index (χ1n) is 8.48. The zero-order valence-electron chi connectivity index (χ0n) is 14.3. The number of piperazine rings is 1. The van der Waals surface area contributed by atoms with Gasteiger partial charge < -0.3 is 4.74 Å². The van der Waals surface area contributed by atoms with Crippen molar-refractivity contribution in [2.24, 2.45) is 7.05 Å². The standard InChI is InChI=1S/C17H22N4O3S/c1-19-13-16(11-18-19)25(22,23)21-7-5-20(6-8-21)12-14-2-3-17-15(10-14)4-9-24-17/h2-3,10-11,13H,4-9,12H2,1H3. The predicted octanol–water partition coefficient (Wildman–Crippen LogP) is 0.861. The lowest BCUT2D eigenvalue weighted by molar-refractivity contribution is 0.181. The van der Waals surface area contributed by atoms with Gasteiger partial charge in [0.05, 0.1) is 12.8 Å². The summed E-state index contributed by atoms with van der Waals surface area (Å²) in [5, 5.41) is 3.97. The number of aryl methyl sites for hydroxylation is 1. The van der Waals surface area contributed by atoms with Crippen LogP contribution in [0.2, 0.25) is 0 Å². The van der Waals surface area contributed by atoms with Crippen LogP contribution in [0, 0.1) is 0 Å². The molecule has 0 radical (unpaired) electrons. The number of benzene rings is 1. The summed E-state index contributed by atoms with van der Waals surface area (Å²) in [5.41, 5.74) is 2.53. The predicted molar refractivity (Wildman–Crippen MR) is 92.9 cm³/mol. The Balaban J connectivity index is 1.38. The fourth-order valence-electron chi connectivity index (χ4n) is 3.41. The minimum Gasteiger partial charge on any atom is -0.493 e. The molecule has 134 valence electrons. The van der Waals surface area contributed by atoms with Crippen LogP contribution in [0.5, 0.6) is 5.75 Å². The van der Waals surface area contributed by atoms with E-state index in [-0.39, 0.29) is 4.90 Å². The largest absolute Gasteiger partial charge is 0.493 e. The van der Waals surface area contributed by atoms with Crippen molar-refractivity contribution in [2.45, 2.75) is 17.9 Å². The number of sulfonamides is 1. The molecule has 7 nitrogen and oxygen atoms in total. The summed E-state index contributed by atoms with van der Waals surface area (Å²) in [5.74, 6) is 0.996. The minimum absolute atomic E-state index is 0.266. The molecule has 1 aromatic heterocycles. The first-order valence-corrected chi connectivity index (χ1v) is 9.92. The van der Waals surface area contributed by atoms with Gasteiger partial charge in [-0.3, -0.25) is 9.58 Å². The van der Waals surface area contributed by atoms with Crippen LogP contribution in [0.15, 0.2) is 35.5 Å². The molecule has 4 rings (SSSR count). The lowest BCUT2D eigenvalue weighted by atomic mass is 10.1. The van der Waals surface area contributed by atoms with Gasteiger partial charge in [-0.05, 0) is 17.2 Å². The molecule has 0 bridgehead atoms. The van der Waals surface area contributed by atoms with Gasteiger partial charge in [0, 0.05) is 52.4 Å². The average molecular weight is 362 g/mol. The monoisotopic (exact) mass is 362 g/mol. The Morgan fingerprint density at radius 2 is 2.00 bits per heavy atom. The highest BCUT2D eigenvalue weighted by Crippen LogP contribution is 2.26.